The molecular weight excluding hydrogens is 266 g/mol. The van der Waals surface area contributed by atoms with Gasteiger partial charge in [0.15, 0.2) is 11.5 Å². The van der Waals surface area contributed by atoms with Gasteiger partial charge in [-0.2, -0.15) is 8.78 Å². The molecule has 0 aliphatic heterocycles. The van der Waals surface area contributed by atoms with E-state index in [1.165, 1.54) is 6.07 Å². The lowest BCUT2D eigenvalue weighted by Crippen LogP contribution is -2.04. The van der Waals surface area contributed by atoms with E-state index in [0.29, 0.717) is 17.7 Å². The third kappa shape index (κ3) is 4.64. The van der Waals surface area contributed by atoms with Gasteiger partial charge in [0.25, 0.3) is 0 Å². The molecule has 0 aliphatic rings. The summed E-state index contributed by atoms with van der Waals surface area (Å²) in [6.45, 7) is 2.98. The highest BCUT2D eigenvalue weighted by atomic mass is 19.3. The van der Waals surface area contributed by atoms with Crippen molar-refractivity contribution in [1.29, 1.82) is 0 Å². The van der Waals surface area contributed by atoms with E-state index in [0.717, 1.165) is 6.29 Å². The molecule has 1 rings (SSSR count). The zero-order valence-corrected chi connectivity index (χ0v) is 11.7. The molecule has 0 amide bonds. The summed E-state index contributed by atoms with van der Waals surface area (Å²) in [6, 6.07) is 4.59. The van der Waals surface area contributed by atoms with Gasteiger partial charge < -0.3 is 9.47 Å². The van der Waals surface area contributed by atoms with E-state index in [-0.39, 0.29) is 17.4 Å². The van der Waals surface area contributed by atoms with E-state index in [9.17, 15) is 13.6 Å². The Hall–Kier alpha value is -1.91. The topological polar surface area (TPSA) is 35.5 Å². The molecule has 1 aromatic carbocycles. The highest BCUT2D eigenvalue weighted by Gasteiger charge is 2.11. The number of halogens is 2. The molecule has 5 heteroatoms. The highest BCUT2D eigenvalue weighted by Crippen LogP contribution is 2.30. The van der Waals surface area contributed by atoms with Crippen molar-refractivity contribution in [2.45, 2.75) is 27.4 Å². The summed E-state index contributed by atoms with van der Waals surface area (Å²) in [5.74, 6) is 0.298. The molecule has 0 spiro atoms. The molecule has 0 aliphatic carbocycles. The van der Waals surface area contributed by atoms with Crippen LogP contribution in [0, 0.1) is 5.92 Å². The minimum Gasteiger partial charge on any atom is -0.490 e. The maximum absolute atomic E-state index is 12.3. The maximum Gasteiger partial charge on any atom is 0.387 e. The Morgan fingerprint density at radius 2 is 2.00 bits per heavy atom. The molecule has 0 fully saturated rings. The fourth-order valence-electron chi connectivity index (χ4n) is 1.61. The van der Waals surface area contributed by atoms with Gasteiger partial charge in [-0.05, 0) is 42.2 Å². The smallest absolute Gasteiger partial charge is 0.387 e. The normalized spacial score (nSPS) is 11.8. The van der Waals surface area contributed by atoms with Crippen molar-refractivity contribution in [3.05, 3.63) is 29.3 Å². The van der Waals surface area contributed by atoms with Crippen LogP contribution in [-0.4, -0.2) is 19.5 Å². The molecule has 3 nitrogen and oxygen atoms in total. The van der Waals surface area contributed by atoms with E-state index in [1.807, 2.05) is 13.8 Å². The van der Waals surface area contributed by atoms with Gasteiger partial charge in [0, 0.05) is 0 Å². The monoisotopic (exact) mass is 284 g/mol. The van der Waals surface area contributed by atoms with Crippen LogP contribution >= 0.6 is 0 Å². The van der Waals surface area contributed by atoms with E-state index in [2.05, 4.69) is 4.74 Å². The Balaban J connectivity index is 3.12. The van der Waals surface area contributed by atoms with Gasteiger partial charge in [-0.15, -0.1) is 0 Å². The van der Waals surface area contributed by atoms with Crippen LogP contribution in [0.4, 0.5) is 8.78 Å². The molecule has 0 N–H and O–H groups in total. The minimum atomic E-state index is -2.91. The first-order valence-electron chi connectivity index (χ1n) is 6.36. The molecule has 0 saturated heterocycles. The second-order valence-electron chi connectivity index (χ2n) is 4.43. The first kappa shape index (κ1) is 16.1. The van der Waals surface area contributed by atoms with E-state index in [1.54, 1.807) is 25.1 Å². The Kier molecular flexibility index (Phi) is 6.15. The molecular formula is C15H18F2O3. The lowest BCUT2D eigenvalue weighted by atomic mass is 10.0. The third-order valence-electron chi connectivity index (χ3n) is 2.62. The van der Waals surface area contributed by atoms with Crippen LogP contribution in [-0.2, 0) is 4.79 Å². The molecule has 0 unspecified atom stereocenters. The SMILES string of the molecule is CCOc1cc(C=C(C=O)C(C)C)ccc1OC(F)F. The Bertz CT molecular complexity index is 482. The summed E-state index contributed by atoms with van der Waals surface area (Å²) < 4.78 is 34.2. The summed E-state index contributed by atoms with van der Waals surface area (Å²) in [7, 11) is 0. The Morgan fingerprint density at radius 1 is 1.30 bits per heavy atom. The lowest BCUT2D eigenvalue weighted by molar-refractivity contribution is -0.105. The zero-order valence-electron chi connectivity index (χ0n) is 11.7. The first-order chi connectivity index (χ1) is 9.47. The Labute approximate surface area is 117 Å². The van der Waals surface area contributed by atoms with E-state index in [4.69, 9.17) is 4.74 Å². The summed E-state index contributed by atoms with van der Waals surface area (Å²) in [5, 5.41) is 0. The van der Waals surface area contributed by atoms with Gasteiger partial charge in [0.2, 0.25) is 0 Å². The number of aldehydes is 1. The number of allylic oxidation sites excluding steroid dienone is 1. The molecule has 110 valence electrons. The molecule has 0 saturated carbocycles. The molecule has 0 bridgehead atoms. The number of rotatable bonds is 7. The van der Waals surface area contributed by atoms with E-state index < -0.39 is 6.61 Å². The molecule has 0 atom stereocenters. The lowest BCUT2D eigenvalue weighted by Gasteiger charge is -2.12. The van der Waals surface area contributed by atoms with Gasteiger partial charge >= 0.3 is 6.61 Å². The number of carbonyl (C=O) groups excluding carboxylic acids is 1. The van der Waals surface area contributed by atoms with Crippen molar-refractivity contribution in [1.82, 2.24) is 0 Å². The zero-order chi connectivity index (χ0) is 15.1. The summed E-state index contributed by atoms with van der Waals surface area (Å²) >= 11 is 0. The molecule has 20 heavy (non-hydrogen) atoms. The summed E-state index contributed by atoms with van der Waals surface area (Å²) in [6.07, 6.45) is 2.49. The predicted molar refractivity (Wildman–Crippen MR) is 73.1 cm³/mol. The average Bonchev–Trinajstić information content (AvgIpc) is 2.38. The minimum absolute atomic E-state index is 0.0174. The van der Waals surface area contributed by atoms with Gasteiger partial charge in [0.1, 0.15) is 6.29 Å². The highest BCUT2D eigenvalue weighted by molar-refractivity contribution is 5.82. The summed E-state index contributed by atoms with van der Waals surface area (Å²) in [5.41, 5.74) is 1.32. The van der Waals surface area contributed by atoms with Crippen LogP contribution < -0.4 is 9.47 Å². The molecule has 0 heterocycles. The van der Waals surface area contributed by atoms with Gasteiger partial charge in [-0.1, -0.05) is 19.9 Å². The van der Waals surface area contributed by atoms with Gasteiger partial charge in [-0.3, -0.25) is 4.79 Å². The summed E-state index contributed by atoms with van der Waals surface area (Å²) in [4.78, 5) is 11.0. The average molecular weight is 284 g/mol. The first-order valence-corrected chi connectivity index (χ1v) is 6.36. The van der Waals surface area contributed by atoms with Gasteiger partial charge in [-0.25, -0.2) is 0 Å². The Morgan fingerprint density at radius 3 is 2.50 bits per heavy atom. The second-order valence-corrected chi connectivity index (χ2v) is 4.43. The number of alkyl halides is 2. The number of carbonyl (C=O) groups is 1. The molecule has 1 aromatic rings. The largest absolute Gasteiger partial charge is 0.490 e. The molecule has 0 radical (unpaired) electrons. The van der Waals surface area contributed by atoms with Crippen LogP contribution in [0.25, 0.3) is 6.08 Å². The number of ether oxygens (including phenoxy) is 2. The number of hydrogen-bond donors (Lipinski definition) is 0. The van der Waals surface area contributed by atoms with Crippen molar-refractivity contribution >= 4 is 12.4 Å². The van der Waals surface area contributed by atoms with Crippen molar-refractivity contribution in [3.8, 4) is 11.5 Å². The number of hydrogen-bond acceptors (Lipinski definition) is 3. The van der Waals surface area contributed by atoms with Crippen molar-refractivity contribution in [2.24, 2.45) is 5.92 Å². The van der Waals surface area contributed by atoms with Crippen LogP contribution in [0.3, 0.4) is 0 Å². The standard InChI is InChI=1S/C15H18F2O3/c1-4-19-14-8-11(7-12(9-18)10(2)3)5-6-13(14)20-15(16)17/h5-10,15H,4H2,1-3H3. The fraction of sp³-hybridized carbons (Fsp3) is 0.400. The van der Waals surface area contributed by atoms with Crippen LogP contribution in [0.5, 0.6) is 11.5 Å². The predicted octanol–water partition coefficient (Wildman–Crippen LogP) is 3.93. The van der Waals surface area contributed by atoms with Crippen molar-refractivity contribution < 1.29 is 23.0 Å². The van der Waals surface area contributed by atoms with Crippen LogP contribution in [0.15, 0.2) is 23.8 Å². The number of benzene rings is 1. The second kappa shape index (κ2) is 7.62. The van der Waals surface area contributed by atoms with Crippen molar-refractivity contribution in [2.75, 3.05) is 6.61 Å². The van der Waals surface area contributed by atoms with E-state index >= 15 is 0 Å². The fourth-order valence-corrected chi connectivity index (χ4v) is 1.61. The van der Waals surface area contributed by atoms with Gasteiger partial charge in [0.05, 0.1) is 6.61 Å². The molecule has 0 aromatic heterocycles. The van der Waals surface area contributed by atoms with Crippen molar-refractivity contribution in [3.63, 3.8) is 0 Å². The van der Waals surface area contributed by atoms with Crippen LogP contribution in [0.2, 0.25) is 0 Å². The third-order valence-corrected chi connectivity index (χ3v) is 2.62. The van der Waals surface area contributed by atoms with Crippen LogP contribution in [0.1, 0.15) is 26.3 Å². The quantitative estimate of drug-likeness (QED) is 0.562. The maximum atomic E-state index is 12.3.